The molecule has 1 aliphatic carbocycles. The molecule has 8 heteroatoms. The highest BCUT2D eigenvalue weighted by molar-refractivity contribution is 7.86. The molecular weight excluding hydrogens is 318 g/mol. The van der Waals surface area contributed by atoms with Gasteiger partial charge in [0.2, 0.25) is 0 Å². The van der Waals surface area contributed by atoms with Crippen LogP contribution in [0.4, 0.5) is 0 Å². The van der Waals surface area contributed by atoms with Gasteiger partial charge in [-0.05, 0) is 24.5 Å². The zero-order chi connectivity index (χ0) is 16.4. The molecule has 1 saturated carbocycles. The molecule has 23 heavy (non-hydrogen) atoms. The Hall–Kier alpha value is -1.06. The van der Waals surface area contributed by atoms with Gasteiger partial charge in [-0.15, -0.1) is 0 Å². The standard InChI is InChI=1S/C15H23N3O4S/c1-17(2)23(19,20)18-8-9-21-14-6-5-13(18)15(14)22-11-12-4-3-7-16-10-12/h3-4,7,10,13-15H,5-6,8-9,11H2,1-2H3/t13-,14-,15+/m0/s1. The Balaban J connectivity index is 1.77. The predicted molar refractivity (Wildman–Crippen MR) is 84.9 cm³/mol. The smallest absolute Gasteiger partial charge is 0.281 e. The van der Waals surface area contributed by atoms with Crippen LogP contribution in [0.25, 0.3) is 0 Å². The van der Waals surface area contributed by atoms with E-state index < -0.39 is 10.2 Å². The zero-order valence-electron chi connectivity index (χ0n) is 13.5. The van der Waals surface area contributed by atoms with Crippen LogP contribution in [0.3, 0.4) is 0 Å². The summed E-state index contributed by atoms with van der Waals surface area (Å²) in [5.41, 5.74) is 0.971. The Morgan fingerprint density at radius 3 is 2.96 bits per heavy atom. The van der Waals surface area contributed by atoms with Gasteiger partial charge in [0.1, 0.15) is 6.10 Å². The third-order valence-electron chi connectivity index (χ3n) is 4.43. The van der Waals surface area contributed by atoms with E-state index in [1.807, 2.05) is 12.1 Å². The molecule has 0 spiro atoms. The van der Waals surface area contributed by atoms with Gasteiger partial charge in [0, 0.05) is 33.0 Å². The SMILES string of the molecule is CN(C)S(=O)(=O)N1CCO[C@H]2CC[C@H]1[C@H]2OCc1cccnc1. The van der Waals surface area contributed by atoms with Gasteiger partial charge >= 0.3 is 0 Å². The first-order valence-corrected chi connectivity index (χ1v) is 9.21. The number of pyridine rings is 1. The van der Waals surface area contributed by atoms with Crippen LogP contribution in [0, 0.1) is 0 Å². The number of hydrogen-bond acceptors (Lipinski definition) is 5. The Kier molecular flexibility index (Phi) is 4.98. The van der Waals surface area contributed by atoms with Gasteiger partial charge in [0.25, 0.3) is 10.2 Å². The molecule has 1 saturated heterocycles. The topological polar surface area (TPSA) is 72.0 Å². The van der Waals surface area contributed by atoms with Crippen LogP contribution < -0.4 is 0 Å². The number of ether oxygens (including phenoxy) is 2. The second-order valence-electron chi connectivity index (χ2n) is 6.09. The quantitative estimate of drug-likeness (QED) is 0.786. The molecular formula is C15H23N3O4S. The lowest BCUT2D eigenvalue weighted by molar-refractivity contribution is -0.0584. The Labute approximate surface area is 137 Å². The van der Waals surface area contributed by atoms with E-state index in [1.165, 1.54) is 8.61 Å². The van der Waals surface area contributed by atoms with Crippen LogP contribution >= 0.6 is 0 Å². The molecule has 2 fully saturated rings. The maximum absolute atomic E-state index is 12.6. The first-order chi connectivity index (χ1) is 11.0. The summed E-state index contributed by atoms with van der Waals surface area (Å²) in [4.78, 5) is 4.07. The molecule has 0 amide bonds. The first-order valence-electron chi connectivity index (χ1n) is 7.81. The average molecular weight is 341 g/mol. The minimum atomic E-state index is -3.48. The van der Waals surface area contributed by atoms with E-state index >= 15 is 0 Å². The number of fused-ring (bicyclic) bond motifs is 2. The van der Waals surface area contributed by atoms with Crippen LogP contribution in [0.2, 0.25) is 0 Å². The normalized spacial score (nSPS) is 28.9. The van der Waals surface area contributed by atoms with E-state index in [0.717, 1.165) is 18.4 Å². The van der Waals surface area contributed by atoms with Gasteiger partial charge in [-0.2, -0.15) is 17.0 Å². The second-order valence-corrected chi connectivity index (χ2v) is 8.19. The van der Waals surface area contributed by atoms with Gasteiger partial charge < -0.3 is 9.47 Å². The fourth-order valence-corrected chi connectivity index (χ4v) is 4.54. The molecule has 0 N–H and O–H groups in total. The lowest BCUT2D eigenvalue weighted by Gasteiger charge is -2.32. The van der Waals surface area contributed by atoms with E-state index in [2.05, 4.69) is 4.98 Å². The lowest BCUT2D eigenvalue weighted by atomic mass is 10.2. The Bertz CT molecular complexity index is 623. The number of nitrogens with zero attached hydrogens (tertiary/aromatic N) is 3. The van der Waals surface area contributed by atoms with Crippen molar-refractivity contribution in [2.45, 2.75) is 37.7 Å². The summed E-state index contributed by atoms with van der Waals surface area (Å²) < 4.78 is 39.8. The van der Waals surface area contributed by atoms with Gasteiger partial charge in [-0.3, -0.25) is 4.98 Å². The van der Waals surface area contributed by atoms with E-state index in [4.69, 9.17) is 9.47 Å². The molecule has 0 aromatic carbocycles. The monoisotopic (exact) mass is 341 g/mol. The maximum atomic E-state index is 12.6. The molecule has 1 aromatic rings. The third-order valence-corrected chi connectivity index (χ3v) is 6.40. The molecule has 0 unspecified atom stereocenters. The summed E-state index contributed by atoms with van der Waals surface area (Å²) in [6, 6.07) is 3.63. The molecule has 3 rings (SSSR count). The van der Waals surface area contributed by atoms with Gasteiger partial charge in [-0.25, -0.2) is 0 Å². The van der Waals surface area contributed by atoms with Crippen molar-refractivity contribution < 1.29 is 17.9 Å². The van der Waals surface area contributed by atoms with Crippen molar-refractivity contribution in [3.63, 3.8) is 0 Å². The van der Waals surface area contributed by atoms with Crippen molar-refractivity contribution in [3.05, 3.63) is 30.1 Å². The van der Waals surface area contributed by atoms with Crippen molar-refractivity contribution in [3.8, 4) is 0 Å². The van der Waals surface area contributed by atoms with Crippen LogP contribution in [-0.2, 0) is 26.3 Å². The predicted octanol–water partition coefficient (Wildman–Crippen LogP) is 0.636. The minimum absolute atomic E-state index is 0.0426. The molecule has 2 heterocycles. The summed E-state index contributed by atoms with van der Waals surface area (Å²) >= 11 is 0. The van der Waals surface area contributed by atoms with Crippen LogP contribution in [-0.4, -0.2) is 67.5 Å². The van der Waals surface area contributed by atoms with Gasteiger partial charge in [0.15, 0.2) is 0 Å². The lowest BCUT2D eigenvalue weighted by Crippen LogP contribution is -2.50. The third kappa shape index (κ3) is 3.41. The van der Waals surface area contributed by atoms with E-state index in [9.17, 15) is 8.42 Å². The summed E-state index contributed by atoms with van der Waals surface area (Å²) in [6.07, 6.45) is 4.77. The van der Waals surface area contributed by atoms with E-state index in [0.29, 0.717) is 19.8 Å². The molecule has 2 aliphatic rings. The van der Waals surface area contributed by atoms with E-state index in [-0.39, 0.29) is 18.2 Å². The van der Waals surface area contributed by atoms with E-state index in [1.54, 1.807) is 26.5 Å². The van der Waals surface area contributed by atoms with Crippen LogP contribution in [0.15, 0.2) is 24.5 Å². The van der Waals surface area contributed by atoms with Crippen molar-refractivity contribution >= 4 is 10.2 Å². The average Bonchev–Trinajstić information content (AvgIpc) is 2.80. The van der Waals surface area contributed by atoms with Crippen LogP contribution in [0.5, 0.6) is 0 Å². The Morgan fingerprint density at radius 2 is 2.26 bits per heavy atom. The van der Waals surface area contributed by atoms with Gasteiger partial charge in [-0.1, -0.05) is 6.07 Å². The first kappa shape index (κ1) is 16.8. The largest absolute Gasteiger partial charge is 0.374 e. The minimum Gasteiger partial charge on any atom is -0.374 e. The summed E-state index contributed by atoms with van der Waals surface area (Å²) in [5.74, 6) is 0. The molecule has 3 atom stereocenters. The van der Waals surface area contributed by atoms with Crippen molar-refractivity contribution in [1.82, 2.24) is 13.6 Å². The number of aromatic nitrogens is 1. The maximum Gasteiger partial charge on any atom is 0.281 e. The molecule has 1 aromatic heterocycles. The molecule has 7 nitrogen and oxygen atoms in total. The van der Waals surface area contributed by atoms with Gasteiger partial charge in [0.05, 0.1) is 25.4 Å². The summed E-state index contributed by atoms with van der Waals surface area (Å²) in [7, 11) is -0.370. The second kappa shape index (κ2) is 6.82. The summed E-state index contributed by atoms with van der Waals surface area (Å²) in [5, 5.41) is 0. The summed E-state index contributed by atoms with van der Waals surface area (Å²) in [6.45, 7) is 1.18. The van der Waals surface area contributed by atoms with Crippen LogP contribution in [0.1, 0.15) is 18.4 Å². The highest BCUT2D eigenvalue weighted by atomic mass is 32.2. The molecule has 0 radical (unpaired) electrons. The zero-order valence-corrected chi connectivity index (χ0v) is 14.3. The number of rotatable bonds is 5. The molecule has 2 bridgehead atoms. The fourth-order valence-electron chi connectivity index (χ4n) is 3.25. The molecule has 128 valence electrons. The number of hydrogen-bond donors (Lipinski definition) is 0. The highest BCUT2D eigenvalue weighted by Crippen LogP contribution is 2.34. The van der Waals surface area contributed by atoms with Crippen molar-refractivity contribution in [2.75, 3.05) is 27.2 Å². The fraction of sp³-hybridized carbons (Fsp3) is 0.667. The van der Waals surface area contributed by atoms with Crippen molar-refractivity contribution in [2.24, 2.45) is 0 Å². The van der Waals surface area contributed by atoms with Crippen molar-refractivity contribution in [1.29, 1.82) is 0 Å². The molecule has 1 aliphatic heterocycles. The Morgan fingerprint density at radius 1 is 1.43 bits per heavy atom. The highest BCUT2D eigenvalue weighted by Gasteiger charge is 2.47.